The van der Waals surface area contributed by atoms with E-state index in [1.807, 2.05) is 0 Å². The van der Waals surface area contributed by atoms with Crippen molar-refractivity contribution >= 4 is 33.3 Å². The van der Waals surface area contributed by atoms with Gasteiger partial charge in [0.15, 0.2) is 0 Å². The van der Waals surface area contributed by atoms with Gasteiger partial charge in [-0.2, -0.15) is 0 Å². The van der Waals surface area contributed by atoms with Crippen LogP contribution >= 0.6 is 15.9 Å². The first kappa shape index (κ1) is 11.5. The van der Waals surface area contributed by atoms with Crippen LogP contribution in [0.3, 0.4) is 0 Å². The number of hydrogen-bond acceptors (Lipinski definition) is 4. The minimum Gasteiger partial charge on any atom is -0.397 e. The molecule has 0 saturated carbocycles. The monoisotopic (exact) mass is 292 g/mol. The SMILES string of the molecule is Nc1ccc(NC(=O)c2ncccc2Br)nc1. The maximum Gasteiger partial charge on any atom is 0.276 e. The molecule has 6 heteroatoms. The molecule has 2 aromatic heterocycles. The summed E-state index contributed by atoms with van der Waals surface area (Å²) in [6, 6.07) is 6.78. The average Bonchev–Trinajstić information content (AvgIpc) is 2.32. The molecule has 2 heterocycles. The first-order valence-corrected chi connectivity index (χ1v) is 5.59. The fraction of sp³-hybridized carbons (Fsp3) is 0. The molecule has 0 bridgehead atoms. The lowest BCUT2D eigenvalue weighted by Gasteiger charge is -2.05. The number of halogens is 1. The Morgan fingerprint density at radius 1 is 1.29 bits per heavy atom. The van der Waals surface area contributed by atoms with Crippen molar-refractivity contribution in [2.45, 2.75) is 0 Å². The van der Waals surface area contributed by atoms with E-state index in [1.54, 1.807) is 30.5 Å². The Morgan fingerprint density at radius 3 is 2.76 bits per heavy atom. The predicted molar refractivity (Wildman–Crippen MR) is 68.5 cm³/mol. The van der Waals surface area contributed by atoms with Crippen LogP contribution in [0.5, 0.6) is 0 Å². The standard InChI is InChI=1S/C11H9BrN4O/c12-8-2-1-5-14-10(8)11(17)16-9-4-3-7(13)6-15-9/h1-6H,13H2,(H,15,16,17). The average molecular weight is 293 g/mol. The maximum atomic E-state index is 11.8. The van der Waals surface area contributed by atoms with Gasteiger partial charge in [-0.15, -0.1) is 0 Å². The summed E-state index contributed by atoms with van der Waals surface area (Å²) >= 11 is 3.26. The summed E-state index contributed by atoms with van der Waals surface area (Å²) in [7, 11) is 0. The largest absolute Gasteiger partial charge is 0.397 e. The van der Waals surface area contributed by atoms with Crippen molar-refractivity contribution in [3.63, 3.8) is 0 Å². The second-order valence-electron chi connectivity index (χ2n) is 3.26. The van der Waals surface area contributed by atoms with E-state index in [2.05, 4.69) is 31.2 Å². The maximum absolute atomic E-state index is 11.8. The summed E-state index contributed by atoms with van der Waals surface area (Å²) in [5.41, 5.74) is 6.35. The van der Waals surface area contributed by atoms with Crippen LogP contribution in [0.2, 0.25) is 0 Å². The molecule has 1 amide bonds. The number of pyridine rings is 2. The van der Waals surface area contributed by atoms with Crippen LogP contribution in [0.15, 0.2) is 41.1 Å². The third kappa shape index (κ3) is 2.79. The normalized spacial score (nSPS) is 9.94. The zero-order valence-corrected chi connectivity index (χ0v) is 10.3. The lowest BCUT2D eigenvalue weighted by Crippen LogP contribution is -2.15. The van der Waals surface area contributed by atoms with Gasteiger partial charge in [0.1, 0.15) is 11.5 Å². The molecule has 0 fully saturated rings. The Morgan fingerprint density at radius 2 is 2.12 bits per heavy atom. The lowest BCUT2D eigenvalue weighted by atomic mass is 10.3. The second kappa shape index (κ2) is 4.92. The highest BCUT2D eigenvalue weighted by Gasteiger charge is 2.11. The van der Waals surface area contributed by atoms with Gasteiger partial charge < -0.3 is 11.1 Å². The van der Waals surface area contributed by atoms with Crippen molar-refractivity contribution < 1.29 is 4.79 Å². The first-order chi connectivity index (χ1) is 8.16. The second-order valence-corrected chi connectivity index (χ2v) is 4.12. The van der Waals surface area contributed by atoms with E-state index in [1.165, 1.54) is 6.20 Å². The van der Waals surface area contributed by atoms with Gasteiger partial charge in [-0.1, -0.05) is 0 Å². The molecule has 17 heavy (non-hydrogen) atoms. The molecule has 0 aliphatic heterocycles. The number of anilines is 2. The Balaban J connectivity index is 2.17. The summed E-state index contributed by atoms with van der Waals surface area (Å²) in [6.45, 7) is 0. The van der Waals surface area contributed by atoms with Gasteiger partial charge in [-0.3, -0.25) is 4.79 Å². The molecule has 0 radical (unpaired) electrons. The Kier molecular flexibility index (Phi) is 3.34. The van der Waals surface area contributed by atoms with Crippen molar-refractivity contribution in [3.8, 4) is 0 Å². The predicted octanol–water partition coefficient (Wildman–Crippen LogP) is 2.07. The van der Waals surface area contributed by atoms with E-state index >= 15 is 0 Å². The van der Waals surface area contributed by atoms with Crippen LogP contribution in [0.4, 0.5) is 11.5 Å². The van der Waals surface area contributed by atoms with Crippen molar-refractivity contribution in [1.82, 2.24) is 9.97 Å². The first-order valence-electron chi connectivity index (χ1n) is 4.80. The number of aromatic nitrogens is 2. The fourth-order valence-electron chi connectivity index (χ4n) is 1.21. The zero-order valence-electron chi connectivity index (χ0n) is 8.72. The minimum atomic E-state index is -0.324. The van der Waals surface area contributed by atoms with Gasteiger partial charge in [0.25, 0.3) is 5.91 Å². The molecule has 0 aromatic carbocycles. The molecular formula is C11H9BrN4O. The Bertz CT molecular complexity index is 541. The van der Waals surface area contributed by atoms with Gasteiger partial charge in [0.2, 0.25) is 0 Å². The number of nitrogen functional groups attached to an aromatic ring is 1. The third-order valence-electron chi connectivity index (χ3n) is 2.00. The molecule has 0 aliphatic rings. The van der Waals surface area contributed by atoms with Crippen LogP contribution in [0.25, 0.3) is 0 Å². The van der Waals surface area contributed by atoms with Crippen LogP contribution < -0.4 is 11.1 Å². The van der Waals surface area contributed by atoms with E-state index in [-0.39, 0.29) is 5.91 Å². The van der Waals surface area contributed by atoms with Crippen LogP contribution in [-0.4, -0.2) is 15.9 Å². The number of carbonyl (C=O) groups is 1. The van der Waals surface area contributed by atoms with E-state index in [4.69, 9.17) is 5.73 Å². The van der Waals surface area contributed by atoms with E-state index in [0.717, 1.165) is 0 Å². The molecule has 0 atom stereocenters. The summed E-state index contributed by atoms with van der Waals surface area (Å²) in [5, 5.41) is 2.63. The lowest BCUT2D eigenvalue weighted by molar-refractivity contribution is 0.102. The molecule has 0 spiro atoms. The van der Waals surface area contributed by atoms with Crippen molar-refractivity contribution in [1.29, 1.82) is 0 Å². The molecule has 86 valence electrons. The van der Waals surface area contributed by atoms with Crippen LogP contribution in [-0.2, 0) is 0 Å². The fourth-order valence-corrected chi connectivity index (χ4v) is 1.64. The Labute approximate surface area is 106 Å². The highest BCUT2D eigenvalue weighted by molar-refractivity contribution is 9.10. The molecule has 0 aliphatic carbocycles. The van der Waals surface area contributed by atoms with Crippen molar-refractivity contribution in [3.05, 3.63) is 46.8 Å². The van der Waals surface area contributed by atoms with Crippen LogP contribution in [0.1, 0.15) is 10.5 Å². The highest BCUT2D eigenvalue weighted by atomic mass is 79.9. The number of hydrogen-bond donors (Lipinski definition) is 2. The van der Waals surface area contributed by atoms with Gasteiger partial charge in [-0.25, -0.2) is 9.97 Å². The number of nitrogens with one attached hydrogen (secondary N) is 1. The van der Waals surface area contributed by atoms with E-state index < -0.39 is 0 Å². The minimum absolute atomic E-state index is 0.311. The van der Waals surface area contributed by atoms with Crippen LogP contribution in [0, 0.1) is 0 Å². The summed E-state index contributed by atoms with van der Waals surface area (Å²) in [4.78, 5) is 19.8. The highest BCUT2D eigenvalue weighted by Crippen LogP contribution is 2.15. The third-order valence-corrected chi connectivity index (χ3v) is 2.64. The quantitative estimate of drug-likeness (QED) is 0.888. The number of carbonyl (C=O) groups excluding carboxylic acids is 1. The smallest absolute Gasteiger partial charge is 0.276 e. The van der Waals surface area contributed by atoms with Gasteiger partial charge in [-0.05, 0) is 40.2 Å². The molecule has 0 saturated heterocycles. The molecule has 3 N–H and O–H groups in total. The van der Waals surface area contributed by atoms with Gasteiger partial charge in [0.05, 0.1) is 11.9 Å². The van der Waals surface area contributed by atoms with E-state index in [9.17, 15) is 4.79 Å². The number of amides is 1. The van der Waals surface area contributed by atoms with Gasteiger partial charge >= 0.3 is 0 Å². The Hall–Kier alpha value is -1.95. The summed E-state index contributed by atoms with van der Waals surface area (Å²) in [5.74, 6) is 0.108. The van der Waals surface area contributed by atoms with Gasteiger partial charge in [0, 0.05) is 10.7 Å². The number of nitrogens with two attached hydrogens (primary N) is 1. The summed E-state index contributed by atoms with van der Waals surface area (Å²) < 4.78 is 0.632. The molecule has 0 unspecified atom stereocenters. The summed E-state index contributed by atoms with van der Waals surface area (Å²) in [6.07, 6.45) is 3.03. The zero-order chi connectivity index (χ0) is 12.3. The molecule has 2 aromatic rings. The number of rotatable bonds is 2. The molecule has 2 rings (SSSR count). The van der Waals surface area contributed by atoms with Crippen molar-refractivity contribution in [2.24, 2.45) is 0 Å². The molecule has 5 nitrogen and oxygen atoms in total. The topological polar surface area (TPSA) is 80.9 Å². The molecular weight excluding hydrogens is 284 g/mol. The number of nitrogens with zero attached hydrogens (tertiary/aromatic N) is 2. The van der Waals surface area contributed by atoms with Crippen molar-refractivity contribution in [2.75, 3.05) is 11.1 Å². The van der Waals surface area contributed by atoms with E-state index in [0.29, 0.717) is 21.7 Å².